The molecule has 15 heavy (non-hydrogen) atoms. The van der Waals surface area contributed by atoms with Gasteiger partial charge in [-0.1, -0.05) is 26.0 Å². The molecular formula is C11H14BrNOS. The van der Waals surface area contributed by atoms with E-state index in [9.17, 15) is 5.11 Å². The van der Waals surface area contributed by atoms with Crippen LogP contribution in [0.2, 0.25) is 0 Å². The Morgan fingerprint density at radius 3 is 2.60 bits per heavy atom. The molecule has 1 unspecified atom stereocenters. The van der Waals surface area contributed by atoms with Crippen molar-refractivity contribution in [1.82, 2.24) is 4.98 Å². The zero-order valence-corrected chi connectivity index (χ0v) is 11.2. The van der Waals surface area contributed by atoms with Crippen LogP contribution in [-0.4, -0.2) is 10.1 Å². The second-order valence-electron chi connectivity index (χ2n) is 4.72. The van der Waals surface area contributed by atoms with Crippen molar-refractivity contribution in [1.29, 1.82) is 0 Å². The van der Waals surface area contributed by atoms with Crippen molar-refractivity contribution in [2.75, 3.05) is 0 Å². The third kappa shape index (κ3) is 2.17. The highest BCUT2D eigenvalue weighted by molar-refractivity contribution is 9.10. The van der Waals surface area contributed by atoms with Gasteiger partial charge in [0.05, 0.1) is 10.4 Å². The highest BCUT2D eigenvalue weighted by Crippen LogP contribution is 2.43. The van der Waals surface area contributed by atoms with Gasteiger partial charge in [0, 0.05) is 0 Å². The lowest BCUT2D eigenvalue weighted by Gasteiger charge is -2.34. The average Bonchev–Trinajstić information content (AvgIpc) is 2.58. The molecule has 2 nitrogen and oxygen atoms in total. The number of allylic oxidation sites excluding steroid dienone is 1. The number of thiazole rings is 1. The first-order valence-electron chi connectivity index (χ1n) is 4.95. The van der Waals surface area contributed by atoms with Gasteiger partial charge >= 0.3 is 0 Å². The zero-order chi connectivity index (χ0) is 11.1. The molecule has 0 bridgehead atoms. The fraction of sp³-hybridized carbons (Fsp3) is 0.545. The van der Waals surface area contributed by atoms with Gasteiger partial charge in [-0.25, -0.2) is 4.98 Å². The van der Waals surface area contributed by atoms with E-state index in [2.05, 4.69) is 40.8 Å². The van der Waals surface area contributed by atoms with Gasteiger partial charge in [0.25, 0.3) is 0 Å². The Kier molecular flexibility index (Phi) is 2.77. The monoisotopic (exact) mass is 287 g/mol. The fourth-order valence-electron chi connectivity index (χ4n) is 1.75. The van der Waals surface area contributed by atoms with Crippen LogP contribution in [0.4, 0.5) is 0 Å². The summed E-state index contributed by atoms with van der Waals surface area (Å²) in [7, 11) is 0. The SMILES string of the molecule is CC1(C)C=CC(O)(c2scnc2Br)CC1. The summed E-state index contributed by atoms with van der Waals surface area (Å²) in [6.45, 7) is 4.37. The Labute approximate surface area is 102 Å². The molecule has 0 radical (unpaired) electrons. The first-order valence-corrected chi connectivity index (χ1v) is 6.62. The lowest BCUT2D eigenvalue weighted by atomic mass is 9.76. The van der Waals surface area contributed by atoms with Crippen LogP contribution in [0.1, 0.15) is 31.6 Å². The topological polar surface area (TPSA) is 33.1 Å². The van der Waals surface area contributed by atoms with Gasteiger partial charge in [0.2, 0.25) is 0 Å². The van der Waals surface area contributed by atoms with Crippen LogP contribution in [0, 0.1) is 5.41 Å². The van der Waals surface area contributed by atoms with Crippen molar-refractivity contribution in [2.45, 2.75) is 32.3 Å². The van der Waals surface area contributed by atoms with E-state index in [1.54, 1.807) is 5.51 Å². The molecule has 0 saturated heterocycles. The first-order chi connectivity index (χ1) is 6.93. The van der Waals surface area contributed by atoms with Crippen LogP contribution in [-0.2, 0) is 5.60 Å². The molecular weight excluding hydrogens is 274 g/mol. The number of hydrogen-bond acceptors (Lipinski definition) is 3. The lowest BCUT2D eigenvalue weighted by Crippen LogP contribution is -2.29. The zero-order valence-electron chi connectivity index (χ0n) is 8.83. The predicted molar refractivity (Wildman–Crippen MR) is 65.9 cm³/mol. The summed E-state index contributed by atoms with van der Waals surface area (Å²) in [5.41, 5.74) is 1.13. The Hall–Kier alpha value is -0.190. The van der Waals surface area contributed by atoms with Gasteiger partial charge < -0.3 is 5.11 Å². The van der Waals surface area contributed by atoms with Crippen molar-refractivity contribution in [3.63, 3.8) is 0 Å². The van der Waals surface area contributed by atoms with Gasteiger partial charge in [0.1, 0.15) is 10.2 Å². The number of aromatic nitrogens is 1. The molecule has 1 aliphatic rings. The average molecular weight is 288 g/mol. The third-order valence-electron chi connectivity index (χ3n) is 2.88. The van der Waals surface area contributed by atoms with Gasteiger partial charge in [-0.15, -0.1) is 11.3 Å². The summed E-state index contributed by atoms with van der Waals surface area (Å²) >= 11 is 4.87. The molecule has 0 saturated carbocycles. The van der Waals surface area contributed by atoms with E-state index in [0.717, 1.165) is 22.3 Å². The molecule has 0 amide bonds. The van der Waals surface area contributed by atoms with Crippen LogP contribution in [0.25, 0.3) is 0 Å². The molecule has 82 valence electrons. The van der Waals surface area contributed by atoms with Crippen LogP contribution in [0.15, 0.2) is 22.3 Å². The third-order valence-corrected chi connectivity index (χ3v) is 4.73. The maximum Gasteiger partial charge on any atom is 0.123 e. The molecule has 0 spiro atoms. The molecule has 1 aromatic heterocycles. The Balaban J connectivity index is 2.35. The normalized spacial score (nSPS) is 29.3. The summed E-state index contributed by atoms with van der Waals surface area (Å²) in [6.07, 6.45) is 5.76. The summed E-state index contributed by atoms with van der Waals surface area (Å²) in [6, 6.07) is 0. The minimum absolute atomic E-state index is 0.198. The van der Waals surface area contributed by atoms with E-state index in [4.69, 9.17) is 0 Å². The molecule has 1 heterocycles. The summed E-state index contributed by atoms with van der Waals surface area (Å²) in [4.78, 5) is 5.03. The fourth-order valence-corrected chi connectivity index (χ4v) is 3.39. The second-order valence-corrected chi connectivity index (χ2v) is 6.32. The van der Waals surface area contributed by atoms with Gasteiger partial charge in [-0.2, -0.15) is 0 Å². The van der Waals surface area contributed by atoms with Crippen LogP contribution >= 0.6 is 27.3 Å². The van der Waals surface area contributed by atoms with Crippen molar-refractivity contribution in [2.24, 2.45) is 5.41 Å². The van der Waals surface area contributed by atoms with E-state index in [1.807, 2.05) is 6.08 Å². The molecule has 0 fully saturated rings. The van der Waals surface area contributed by atoms with Gasteiger partial charge in [0.15, 0.2) is 0 Å². The number of nitrogens with zero attached hydrogens (tertiary/aromatic N) is 1. The van der Waals surface area contributed by atoms with Crippen LogP contribution in [0.3, 0.4) is 0 Å². The minimum Gasteiger partial charge on any atom is -0.380 e. The summed E-state index contributed by atoms with van der Waals surface area (Å²) in [5.74, 6) is 0. The molecule has 1 aromatic rings. The largest absolute Gasteiger partial charge is 0.380 e. The molecule has 0 aromatic carbocycles. The Morgan fingerprint density at radius 1 is 1.40 bits per heavy atom. The highest BCUT2D eigenvalue weighted by atomic mass is 79.9. The van der Waals surface area contributed by atoms with Crippen molar-refractivity contribution in [3.8, 4) is 0 Å². The predicted octanol–water partition coefficient (Wildman–Crippen LogP) is 3.47. The van der Waals surface area contributed by atoms with E-state index in [0.29, 0.717) is 0 Å². The molecule has 0 aliphatic heterocycles. The van der Waals surface area contributed by atoms with Crippen molar-refractivity contribution < 1.29 is 5.11 Å². The van der Waals surface area contributed by atoms with E-state index in [1.165, 1.54) is 11.3 Å². The first kappa shape index (κ1) is 11.3. The molecule has 1 aliphatic carbocycles. The van der Waals surface area contributed by atoms with E-state index >= 15 is 0 Å². The second kappa shape index (κ2) is 3.68. The summed E-state index contributed by atoms with van der Waals surface area (Å²) < 4.78 is 0.763. The highest BCUT2D eigenvalue weighted by Gasteiger charge is 2.36. The van der Waals surface area contributed by atoms with Gasteiger partial charge in [-0.05, 0) is 34.2 Å². The number of halogens is 1. The Bertz CT molecular complexity index is 399. The van der Waals surface area contributed by atoms with E-state index < -0.39 is 5.60 Å². The maximum atomic E-state index is 10.5. The lowest BCUT2D eigenvalue weighted by molar-refractivity contribution is 0.0608. The van der Waals surface area contributed by atoms with Crippen molar-refractivity contribution in [3.05, 3.63) is 27.1 Å². The number of rotatable bonds is 1. The standard InChI is InChI=1S/C11H14BrNOS/c1-10(2)3-5-11(14,6-4-10)8-9(12)13-7-15-8/h3,5,7,14H,4,6H2,1-2H3. The summed E-state index contributed by atoms with van der Waals surface area (Å²) in [5, 5.41) is 10.5. The molecule has 1 N–H and O–H groups in total. The maximum absolute atomic E-state index is 10.5. The minimum atomic E-state index is -0.824. The smallest absolute Gasteiger partial charge is 0.123 e. The van der Waals surface area contributed by atoms with Crippen molar-refractivity contribution >= 4 is 27.3 Å². The molecule has 4 heteroatoms. The van der Waals surface area contributed by atoms with Crippen LogP contribution in [0.5, 0.6) is 0 Å². The molecule has 1 atom stereocenters. The van der Waals surface area contributed by atoms with Gasteiger partial charge in [-0.3, -0.25) is 0 Å². The number of aliphatic hydroxyl groups is 1. The molecule has 2 rings (SSSR count). The Morgan fingerprint density at radius 2 is 2.13 bits per heavy atom. The quantitative estimate of drug-likeness (QED) is 0.803. The van der Waals surface area contributed by atoms with Crippen LogP contribution < -0.4 is 0 Å². The number of hydrogen-bond donors (Lipinski definition) is 1. The van der Waals surface area contributed by atoms with E-state index in [-0.39, 0.29) is 5.41 Å².